The fraction of sp³-hybridized carbons (Fsp3) is 0.150. The summed E-state index contributed by atoms with van der Waals surface area (Å²) in [5.41, 5.74) is 24.9. The molecule has 0 bridgehead atoms. The van der Waals surface area contributed by atoms with E-state index in [1.165, 1.54) is 0 Å². The quantitative estimate of drug-likeness (QED) is 0.0446. The summed E-state index contributed by atoms with van der Waals surface area (Å²) in [7, 11) is 0. The molecule has 0 radical (unpaired) electrons. The number of benzene rings is 12. The summed E-state index contributed by atoms with van der Waals surface area (Å²) in [4.78, 5) is 0. The number of hydrogen-bond donors (Lipinski definition) is 0. The Balaban J connectivity index is 0.885. The van der Waals surface area contributed by atoms with E-state index in [1.54, 1.807) is 0 Å². The van der Waals surface area contributed by atoms with Gasteiger partial charge < -0.3 is 18.9 Å². The molecule has 0 heterocycles. The minimum absolute atomic E-state index is 0.122. The van der Waals surface area contributed by atoms with Crippen molar-refractivity contribution in [3.8, 4) is 260 Å². The fourth-order valence-corrected chi connectivity index (χ4v) is 19.3. The SMILES string of the molecule is C#CCOc1ccc2c(c1)C(CC#C)(CC#C)c1cc(-c3ccc(C(c4ccc(-c5ccc6c(c5)C(CC#C)(CC#C)c5cc(OCC#C)ccc5-6)cc4)(c4ccc(-c5ccc6c(c5)C(CC#C)(CC#C)c5cc(OCC#C)ccc5-6)cc4)c4ccc(-c5ccc6c(c5)C(CC#C)(CC#C)c5cc(OCC#C)ccc5-6)cc4)cc3)ccc1-2. The summed E-state index contributed by atoms with van der Waals surface area (Å²) in [6.45, 7) is 0.486. The first kappa shape index (κ1) is 75.6. The number of terminal acetylenes is 12. The van der Waals surface area contributed by atoms with Crippen LogP contribution < -0.4 is 18.9 Å². The lowest BCUT2D eigenvalue weighted by molar-refractivity contribution is 0.369. The molecule has 0 N–H and O–H groups in total. The summed E-state index contributed by atoms with van der Waals surface area (Å²) in [5, 5.41) is 0. The molecule has 4 aliphatic carbocycles. The molecule has 0 saturated carbocycles. The Kier molecular flexibility index (Phi) is 20.2. The topological polar surface area (TPSA) is 36.9 Å². The van der Waals surface area contributed by atoms with Gasteiger partial charge in [-0.1, -0.05) is 194 Å². The van der Waals surface area contributed by atoms with Crippen LogP contribution in [0, 0.1) is 148 Å². The van der Waals surface area contributed by atoms with Crippen molar-refractivity contribution >= 4 is 0 Å². The lowest BCUT2D eigenvalue weighted by Gasteiger charge is -2.37. The predicted molar refractivity (Wildman–Crippen MR) is 476 cm³/mol. The number of ether oxygens (including phenoxy) is 4. The maximum atomic E-state index is 6.32. The molecule has 117 heavy (non-hydrogen) atoms. The summed E-state index contributed by atoms with van der Waals surface area (Å²) in [6.07, 6.45) is 76.3. The van der Waals surface area contributed by atoms with Gasteiger partial charge >= 0.3 is 0 Å². The van der Waals surface area contributed by atoms with Crippen LogP contribution in [0.3, 0.4) is 0 Å². The van der Waals surface area contributed by atoms with Crippen molar-refractivity contribution in [2.45, 2.75) is 78.4 Å². The molecule has 4 heteroatoms. The van der Waals surface area contributed by atoms with Gasteiger partial charge in [-0.3, -0.25) is 0 Å². The fourth-order valence-electron chi connectivity index (χ4n) is 19.3. The Labute approximate surface area is 688 Å². The summed E-state index contributed by atoms with van der Waals surface area (Å²) >= 11 is 0. The molecule has 0 aliphatic heterocycles. The standard InChI is InChI=1S/C113H76O4/c1-13-57-109(58-14-2)101-69-81(33-49-93(101)97-53-45-89(73-105(97)109)114-65-21-9)77-25-37-85(38-26-77)113(86-39-27-78(28-40-86)82-34-50-94-98-54-46-90(115-66-22-10)74-106(98)110(59-15-3,60-16-4)102(94)70-82,87-41-29-79(30-42-87)83-35-51-95-99-55-47-91(116-67-23-11)75-107(99)111(61-17-5,62-18-6)103(95)71-83)88-43-31-80(32-44-88)84-36-52-96-100-56-48-92(117-68-24-12)76-108(100)112(63-19-7,64-20-8)104(96)72-84/h1-12,25-56,69-76H,57-68H2. The van der Waals surface area contributed by atoms with E-state index in [0.717, 1.165) is 156 Å². The molecule has 4 aliphatic rings. The van der Waals surface area contributed by atoms with Crippen LogP contribution in [0.15, 0.2) is 243 Å². The van der Waals surface area contributed by atoms with Gasteiger partial charge in [0.05, 0.1) is 5.41 Å². The Bertz CT molecular complexity index is 5730. The number of rotatable bonds is 24. The van der Waals surface area contributed by atoms with Gasteiger partial charge in [0.2, 0.25) is 0 Å². The highest BCUT2D eigenvalue weighted by Gasteiger charge is 2.48. The molecule has 16 rings (SSSR count). The van der Waals surface area contributed by atoms with Crippen LogP contribution >= 0.6 is 0 Å². The largest absolute Gasteiger partial charge is 0.481 e. The van der Waals surface area contributed by atoms with Crippen molar-refractivity contribution in [1.29, 1.82) is 0 Å². The van der Waals surface area contributed by atoms with Gasteiger partial charge in [0.1, 0.15) is 49.4 Å². The lowest BCUT2D eigenvalue weighted by Crippen LogP contribution is -2.31. The summed E-state index contributed by atoms with van der Waals surface area (Å²) in [6, 6.07) is 86.8. The molecule has 552 valence electrons. The molecular weight excluding hydrogens is 1420 g/mol. The first-order valence-electron chi connectivity index (χ1n) is 38.7. The molecule has 0 spiro atoms. The molecule has 0 atom stereocenters. The van der Waals surface area contributed by atoms with E-state index in [0.29, 0.717) is 74.4 Å². The van der Waals surface area contributed by atoms with Crippen molar-refractivity contribution < 1.29 is 18.9 Å². The van der Waals surface area contributed by atoms with Gasteiger partial charge in [-0.2, -0.15) is 0 Å². The summed E-state index contributed by atoms with van der Waals surface area (Å²) in [5.74, 6) is 37.1. The van der Waals surface area contributed by atoms with Gasteiger partial charge in [0.25, 0.3) is 0 Å². The van der Waals surface area contributed by atoms with Gasteiger partial charge in [-0.05, 0) is 229 Å². The third-order valence-corrected chi connectivity index (χ3v) is 24.5. The van der Waals surface area contributed by atoms with Crippen LogP contribution in [0.2, 0.25) is 0 Å². The average molecular weight is 1500 g/mol. The van der Waals surface area contributed by atoms with Gasteiger partial charge in [-0.15, -0.1) is 124 Å². The minimum Gasteiger partial charge on any atom is -0.481 e. The lowest BCUT2D eigenvalue weighted by atomic mass is 9.64. The monoisotopic (exact) mass is 1500 g/mol. The molecule has 12 aromatic carbocycles. The third-order valence-electron chi connectivity index (χ3n) is 24.5. The molecule has 0 aromatic heterocycles. The van der Waals surface area contributed by atoms with Crippen molar-refractivity contribution in [1.82, 2.24) is 0 Å². The Morgan fingerprint density at radius 1 is 0.188 bits per heavy atom. The third kappa shape index (κ3) is 12.4. The maximum absolute atomic E-state index is 6.32. The van der Waals surface area contributed by atoms with Gasteiger partial charge in [0.15, 0.2) is 0 Å². The van der Waals surface area contributed by atoms with Gasteiger partial charge in [-0.25, -0.2) is 0 Å². The zero-order valence-corrected chi connectivity index (χ0v) is 64.6. The first-order chi connectivity index (χ1) is 57.3. The normalized spacial score (nSPS) is 13.4. The summed E-state index contributed by atoms with van der Waals surface area (Å²) < 4.78 is 24.1. The van der Waals surface area contributed by atoms with Crippen LogP contribution in [0.4, 0.5) is 0 Å². The van der Waals surface area contributed by atoms with E-state index in [1.807, 2.05) is 48.5 Å². The van der Waals surface area contributed by atoms with Crippen molar-refractivity contribution in [2.75, 3.05) is 26.4 Å². The van der Waals surface area contributed by atoms with Crippen LogP contribution in [0.25, 0.3) is 89.0 Å². The van der Waals surface area contributed by atoms with E-state index in [4.69, 9.17) is 96.0 Å². The highest BCUT2D eigenvalue weighted by molar-refractivity contribution is 5.90. The Morgan fingerprint density at radius 2 is 0.350 bits per heavy atom. The molecule has 0 fully saturated rings. The second kappa shape index (κ2) is 31.3. The highest BCUT2D eigenvalue weighted by Crippen LogP contribution is 2.60. The van der Waals surface area contributed by atoms with E-state index >= 15 is 0 Å². The molecule has 4 nitrogen and oxygen atoms in total. The number of hydrogen-bond acceptors (Lipinski definition) is 4. The second-order valence-corrected chi connectivity index (χ2v) is 30.3. The second-order valence-electron chi connectivity index (χ2n) is 30.3. The number of fused-ring (bicyclic) bond motifs is 12. The molecule has 0 amide bonds. The first-order valence-corrected chi connectivity index (χ1v) is 38.7. The van der Waals surface area contributed by atoms with Crippen LogP contribution in [-0.4, -0.2) is 26.4 Å². The average Bonchev–Trinajstić information content (AvgIpc) is 1.64. The smallest absolute Gasteiger partial charge is 0.148 e. The Morgan fingerprint density at radius 3 is 0.521 bits per heavy atom. The molecule has 0 unspecified atom stereocenters. The molecule has 12 aromatic rings. The molecular formula is C113H76O4. The minimum atomic E-state index is -1.03. The molecule has 0 saturated heterocycles. The van der Waals surface area contributed by atoms with Crippen molar-refractivity contribution in [3.05, 3.63) is 309 Å². The van der Waals surface area contributed by atoms with Crippen LogP contribution in [-0.2, 0) is 27.1 Å². The van der Waals surface area contributed by atoms with Crippen molar-refractivity contribution in [2.24, 2.45) is 0 Å². The van der Waals surface area contributed by atoms with E-state index in [9.17, 15) is 0 Å². The predicted octanol–water partition coefficient (Wildman–Crippen LogP) is 22.0. The zero-order chi connectivity index (χ0) is 81.1. The van der Waals surface area contributed by atoms with E-state index in [-0.39, 0.29) is 26.4 Å². The van der Waals surface area contributed by atoms with Crippen LogP contribution in [0.1, 0.15) is 118 Å². The van der Waals surface area contributed by atoms with Crippen molar-refractivity contribution in [3.63, 3.8) is 0 Å². The van der Waals surface area contributed by atoms with Gasteiger partial charge in [0, 0.05) is 73.0 Å². The van der Waals surface area contributed by atoms with Crippen LogP contribution in [0.5, 0.6) is 23.0 Å². The maximum Gasteiger partial charge on any atom is 0.148 e. The Hall–Kier alpha value is -15.4. The zero-order valence-electron chi connectivity index (χ0n) is 64.6. The van der Waals surface area contributed by atoms with E-state index in [2.05, 4.69) is 265 Å². The highest BCUT2D eigenvalue weighted by atomic mass is 16.5. The van der Waals surface area contributed by atoms with E-state index < -0.39 is 27.1 Å².